The number of rotatable bonds is 5. The highest BCUT2D eigenvalue weighted by Gasteiger charge is 2.14. The maximum atomic E-state index is 12.5. The Morgan fingerprint density at radius 1 is 1.00 bits per heavy atom. The summed E-state index contributed by atoms with van der Waals surface area (Å²) in [5.74, 6) is -0.480. The molecule has 29 heavy (non-hydrogen) atoms. The lowest BCUT2D eigenvalue weighted by molar-refractivity contribution is 0.102. The topological polar surface area (TPSA) is 103 Å². The summed E-state index contributed by atoms with van der Waals surface area (Å²) in [4.78, 5) is 25.8. The maximum absolute atomic E-state index is 12.5. The Labute approximate surface area is 181 Å². The van der Waals surface area contributed by atoms with Crippen LogP contribution >= 0.6 is 34.8 Å². The molecule has 150 valence electrons. The third-order valence-electron chi connectivity index (χ3n) is 3.80. The molecule has 0 bridgehead atoms. The van der Waals surface area contributed by atoms with Gasteiger partial charge in [-0.2, -0.15) is 15.0 Å². The molecule has 2 aromatic carbocycles. The van der Waals surface area contributed by atoms with Crippen LogP contribution in [0.5, 0.6) is 5.75 Å². The highest BCUT2D eigenvalue weighted by molar-refractivity contribution is 6.34. The van der Waals surface area contributed by atoms with Crippen molar-refractivity contribution in [2.45, 2.75) is 0 Å². The van der Waals surface area contributed by atoms with Crippen LogP contribution in [0, 0.1) is 0 Å². The molecule has 1 aromatic heterocycles. The summed E-state index contributed by atoms with van der Waals surface area (Å²) in [6.07, 6.45) is 0. The molecular weight excluding hydrogens is 439 g/mol. The number of carbonyl (C=O) groups excluding carboxylic acids is 1. The van der Waals surface area contributed by atoms with Crippen molar-refractivity contribution in [1.29, 1.82) is 0 Å². The van der Waals surface area contributed by atoms with Crippen LogP contribution in [0.4, 0.5) is 23.0 Å². The van der Waals surface area contributed by atoms with Gasteiger partial charge in [0.15, 0.2) is 0 Å². The molecule has 1 amide bonds. The van der Waals surface area contributed by atoms with E-state index in [0.29, 0.717) is 11.4 Å². The van der Waals surface area contributed by atoms with Crippen molar-refractivity contribution in [3.05, 3.63) is 57.6 Å². The molecule has 3 rings (SSSR count). The molecule has 0 atom stereocenters. The van der Waals surface area contributed by atoms with Crippen LogP contribution in [-0.2, 0) is 0 Å². The number of amides is 1. The van der Waals surface area contributed by atoms with Gasteiger partial charge in [-0.25, -0.2) is 0 Å². The molecule has 0 aliphatic carbocycles. The van der Waals surface area contributed by atoms with Crippen molar-refractivity contribution in [3.63, 3.8) is 0 Å². The summed E-state index contributed by atoms with van der Waals surface area (Å²) in [7, 11) is 3.67. The van der Waals surface area contributed by atoms with E-state index in [0.717, 1.165) is 5.69 Å². The number of carbonyl (C=O) groups is 1. The monoisotopic (exact) mass is 452 g/mol. The largest absolute Gasteiger partial charge is 0.507 e. The molecule has 1 heterocycles. The fraction of sp³-hybridized carbons (Fsp3) is 0.111. The number of aromatic hydroxyl groups is 1. The van der Waals surface area contributed by atoms with Gasteiger partial charge in [0.2, 0.25) is 16.5 Å². The van der Waals surface area contributed by atoms with E-state index in [2.05, 4.69) is 25.6 Å². The van der Waals surface area contributed by atoms with Gasteiger partial charge < -0.3 is 20.6 Å². The van der Waals surface area contributed by atoms with Gasteiger partial charge in [0.25, 0.3) is 5.91 Å². The normalized spacial score (nSPS) is 10.5. The molecular formula is C18H15Cl3N6O2. The average molecular weight is 454 g/mol. The molecule has 3 aromatic rings. The SMILES string of the molecule is CN(C)c1ccc(C(=O)Nc2ccc(Nc3nc(Cl)nc(Cl)n3)cc2Cl)c(O)c1. The minimum Gasteiger partial charge on any atom is -0.507 e. The molecule has 3 N–H and O–H groups in total. The van der Waals surface area contributed by atoms with Crippen molar-refractivity contribution < 1.29 is 9.90 Å². The number of phenols is 1. The van der Waals surface area contributed by atoms with E-state index in [9.17, 15) is 9.90 Å². The summed E-state index contributed by atoms with van der Waals surface area (Å²) in [6, 6.07) is 9.60. The smallest absolute Gasteiger partial charge is 0.259 e. The van der Waals surface area contributed by atoms with Crippen LogP contribution in [-0.4, -0.2) is 40.1 Å². The van der Waals surface area contributed by atoms with Crippen molar-refractivity contribution >= 4 is 63.7 Å². The highest BCUT2D eigenvalue weighted by Crippen LogP contribution is 2.29. The lowest BCUT2D eigenvalue weighted by atomic mass is 10.1. The minimum absolute atomic E-state index is 0.0532. The Morgan fingerprint density at radius 3 is 2.28 bits per heavy atom. The fourth-order valence-corrected chi connectivity index (χ4v) is 2.98. The number of halogens is 3. The molecule has 0 spiro atoms. The van der Waals surface area contributed by atoms with Crippen molar-refractivity contribution in [2.24, 2.45) is 0 Å². The number of phenolic OH excluding ortho intramolecular Hbond substituents is 1. The van der Waals surface area contributed by atoms with Gasteiger partial charge in [-0.3, -0.25) is 4.79 Å². The maximum Gasteiger partial charge on any atom is 0.259 e. The summed E-state index contributed by atoms with van der Waals surface area (Å²) in [6.45, 7) is 0. The van der Waals surface area contributed by atoms with Crippen LogP contribution in [0.1, 0.15) is 10.4 Å². The van der Waals surface area contributed by atoms with Crippen LogP contribution in [0.25, 0.3) is 0 Å². The number of hydrogen-bond acceptors (Lipinski definition) is 7. The molecule has 0 fully saturated rings. The summed E-state index contributed by atoms with van der Waals surface area (Å²) >= 11 is 17.8. The average Bonchev–Trinajstić information content (AvgIpc) is 2.62. The van der Waals surface area contributed by atoms with Gasteiger partial charge >= 0.3 is 0 Å². The molecule has 0 saturated heterocycles. The van der Waals surface area contributed by atoms with Crippen LogP contribution in [0.2, 0.25) is 15.6 Å². The number of nitrogens with zero attached hydrogens (tertiary/aromatic N) is 4. The quantitative estimate of drug-likeness (QED) is 0.519. The van der Waals surface area contributed by atoms with E-state index in [1.54, 1.807) is 24.3 Å². The highest BCUT2D eigenvalue weighted by atomic mass is 35.5. The van der Waals surface area contributed by atoms with Gasteiger partial charge in [-0.05, 0) is 53.5 Å². The van der Waals surface area contributed by atoms with E-state index in [1.807, 2.05) is 19.0 Å². The predicted octanol–water partition coefficient (Wildman–Crippen LogP) is 4.60. The molecule has 0 saturated carbocycles. The Bertz CT molecular complexity index is 1060. The summed E-state index contributed by atoms with van der Waals surface area (Å²) in [5, 5.41) is 15.9. The standard InChI is InChI=1S/C18H15Cl3N6O2/c1-27(2)10-4-5-11(14(28)8-10)15(29)23-13-6-3-9(7-12(13)19)22-18-25-16(20)24-17(21)26-18/h3-8,28H,1-2H3,(H,23,29)(H,22,24,25,26). The van der Waals surface area contributed by atoms with Crippen molar-refractivity contribution in [2.75, 3.05) is 29.6 Å². The fourth-order valence-electron chi connectivity index (χ4n) is 2.39. The van der Waals surface area contributed by atoms with E-state index in [1.165, 1.54) is 12.1 Å². The van der Waals surface area contributed by atoms with Crippen LogP contribution < -0.4 is 15.5 Å². The van der Waals surface area contributed by atoms with Crippen molar-refractivity contribution in [1.82, 2.24) is 15.0 Å². The Morgan fingerprint density at radius 2 is 1.69 bits per heavy atom. The van der Waals surface area contributed by atoms with E-state index >= 15 is 0 Å². The van der Waals surface area contributed by atoms with Crippen molar-refractivity contribution in [3.8, 4) is 5.75 Å². The summed E-state index contributed by atoms with van der Waals surface area (Å²) in [5.41, 5.74) is 1.81. The second-order valence-electron chi connectivity index (χ2n) is 6.07. The van der Waals surface area contributed by atoms with E-state index < -0.39 is 5.91 Å². The molecule has 8 nitrogen and oxygen atoms in total. The first-order valence-electron chi connectivity index (χ1n) is 8.18. The van der Waals surface area contributed by atoms with Crippen LogP contribution in [0.15, 0.2) is 36.4 Å². The van der Waals surface area contributed by atoms with Gasteiger partial charge in [0, 0.05) is 31.5 Å². The Balaban J connectivity index is 1.76. The Kier molecular flexibility index (Phi) is 6.26. The van der Waals surface area contributed by atoms with E-state index in [-0.39, 0.29) is 32.9 Å². The number of anilines is 4. The lowest BCUT2D eigenvalue weighted by Crippen LogP contribution is -2.14. The lowest BCUT2D eigenvalue weighted by Gasteiger charge is -2.14. The van der Waals surface area contributed by atoms with Gasteiger partial charge in [0.05, 0.1) is 16.3 Å². The zero-order valence-electron chi connectivity index (χ0n) is 15.2. The zero-order valence-corrected chi connectivity index (χ0v) is 17.5. The van der Waals surface area contributed by atoms with Gasteiger partial charge in [-0.15, -0.1) is 0 Å². The predicted molar refractivity (Wildman–Crippen MR) is 115 cm³/mol. The molecule has 0 aliphatic rings. The zero-order chi connectivity index (χ0) is 21.1. The third kappa shape index (κ3) is 5.17. The third-order valence-corrected chi connectivity index (χ3v) is 4.45. The summed E-state index contributed by atoms with van der Waals surface area (Å²) < 4.78 is 0. The number of hydrogen-bond donors (Lipinski definition) is 3. The molecule has 0 aliphatic heterocycles. The Hall–Kier alpha value is -2.81. The van der Waals surface area contributed by atoms with Gasteiger partial charge in [-0.1, -0.05) is 11.6 Å². The molecule has 0 radical (unpaired) electrons. The molecule has 11 heteroatoms. The second-order valence-corrected chi connectivity index (χ2v) is 7.15. The molecule has 0 unspecified atom stereocenters. The number of nitrogens with one attached hydrogen (secondary N) is 2. The minimum atomic E-state index is -0.494. The first-order valence-corrected chi connectivity index (χ1v) is 9.31. The first kappa shape index (κ1) is 20.9. The number of aromatic nitrogens is 3. The van der Waals surface area contributed by atoms with Gasteiger partial charge in [0.1, 0.15) is 5.75 Å². The second kappa shape index (κ2) is 8.69. The first-order chi connectivity index (χ1) is 13.7. The number of benzene rings is 2. The van der Waals surface area contributed by atoms with Crippen LogP contribution in [0.3, 0.4) is 0 Å². The van der Waals surface area contributed by atoms with E-state index in [4.69, 9.17) is 34.8 Å².